The van der Waals surface area contributed by atoms with Gasteiger partial charge in [-0.3, -0.25) is 9.36 Å². The van der Waals surface area contributed by atoms with Crippen molar-refractivity contribution in [2.24, 2.45) is 0 Å². The van der Waals surface area contributed by atoms with E-state index in [1.165, 1.54) is 0 Å². The largest absolute Gasteiger partial charge is 0.285 e. The van der Waals surface area contributed by atoms with Gasteiger partial charge in [-0.2, -0.15) is 0 Å². The Morgan fingerprint density at radius 3 is 2.04 bits per heavy atom. The van der Waals surface area contributed by atoms with E-state index in [0.717, 1.165) is 15.6 Å². The fourth-order valence-electron chi connectivity index (χ4n) is 3.35. The van der Waals surface area contributed by atoms with Gasteiger partial charge >= 0.3 is 0 Å². The highest BCUT2D eigenvalue weighted by molar-refractivity contribution is 9.10. The molecule has 0 bridgehead atoms. The molecule has 0 fully saturated rings. The lowest BCUT2D eigenvalue weighted by molar-refractivity contribution is 0.619. The number of hydrogen-bond donors (Lipinski definition) is 0. The maximum Gasteiger partial charge on any atom is 0.262 e. The van der Waals surface area contributed by atoms with Crippen LogP contribution in [0.2, 0.25) is 0 Å². The van der Waals surface area contributed by atoms with Gasteiger partial charge in [0, 0.05) is 4.47 Å². The lowest BCUT2D eigenvalue weighted by Gasteiger charge is -2.23. The molecule has 4 rings (SSSR count). The summed E-state index contributed by atoms with van der Waals surface area (Å²) in [7, 11) is 0. The van der Waals surface area contributed by atoms with Crippen LogP contribution in [0.15, 0.2) is 88.1 Å². The predicted molar refractivity (Wildman–Crippen MR) is 109 cm³/mol. The van der Waals surface area contributed by atoms with E-state index < -0.39 is 0 Å². The van der Waals surface area contributed by atoms with Crippen LogP contribution in [-0.4, -0.2) is 9.55 Å². The highest BCUT2D eigenvalue weighted by Crippen LogP contribution is 2.27. The van der Waals surface area contributed by atoms with Crippen LogP contribution in [0.25, 0.3) is 10.9 Å². The van der Waals surface area contributed by atoms with Crippen molar-refractivity contribution in [3.05, 3.63) is 111 Å². The highest BCUT2D eigenvalue weighted by atomic mass is 79.9. The van der Waals surface area contributed by atoms with E-state index in [4.69, 9.17) is 4.98 Å². The van der Waals surface area contributed by atoms with Crippen molar-refractivity contribution in [1.82, 2.24) is 9.55 Å². The van der Waals surface area contributed by atoms with E-state index in [-0.39, 0.29) is 11.6 Å². The van der Waals surface area contributed by atoms with Crippen LogP contribution in [0.3, 0.4) is 0 Å². The molecule has 4 heteroatoms. The first-order valence-electron chi connectivity index (χ1n) is 8.43. The average Bonchev–Trinajstić information content (AvgIpc) is 2.67. The van der Waals surface area contributed by atoms with Crippen molar-refractivity contribution in [2.75, 3.05) is 0 Å². The third kappa shape index (κ3) is 2.97. The molecule has 26 heavy (non-hydrogen) atoms. The minimum Gasteiger partial charge on any atom is -0.285 e. The Labute approximate surface area is 160 Å². The van der Waals surface area contributed by atoms with Crippen molar-refractivity contribution in [1.29, 1.82) is 0 Å². The molecule has 0 spiro atoms. The summed E-state index contributed by atoms with van der Waals surface area (Å²) >= 11 is 3.46. The Hall–Kier alpha value is -2.72. The lowest BCUT2D eigenvalue weighted by atomic mass is 9.98. The maximum atomic E-state index is 13.4. The quantitative estimate of drug-likeness (QED) is 0.475. The molecule has 0 aliphatic rings. The summed E-state index contributed by atoms with van der Waals surface area (Å²) in [5, 5.41) is 0.613. The minimum atomic E-state index is -0.221. The second kappa shape index (κ2) is 6.89. The van der Waals surface area contributed by atoms with Crippen LogP contribution in [0.4, 0.5) is 0 Å². The summed E-state index contributed by atoms with van der Waals surface area (Å²) in [5.74, 6) is 0.697. The maximum absolute atomic E-state index is 13.4. The zero-order valence-corrected chi connectivity index (χ0v) is 15.8. The van der Waals surface area contributed by atoms with Gasteiger partial charge in [0.25, 0.3) is 5.56 Å². The zero-order valence-electron chi connectivity index (χ0n) is 14.3. The molecule has 3 aromatic carbocycles. The second-order valence-corrected chi connectivity index (χ2v) is 7.14. The summed E-state index contributed by atoms with van der Waals surface area (Å²) in [6.45, 7) is 1.89. The second-order valence-electron chi connectivity index (χ2n) is 6.22. The summed E-state index contributed by atoms with van der Waals surface area (Å²) in [6, 6.07) is 25.6. The molecule has 128 valence electrons. The average molecular weight is 405 g/mol. The molecule has 0 amide bonds. The molecule has 0 unspecified atom stereocenters. The molecular formula is C22H17BrN2O. The monoisotopic (exact) mass is 404 g/mol. The van der Waals surface area contributed by atoms with Gasteiger partial charge in [0.15, 0.2) is 0 Å². The van der Waals surface area contributed by atoms with Gasteiger partial charge in [0.05, 0.1) is 16.9 Å². The Morgan fingerprint density at radius 1 is 0.885 bits per heavy atom. The summed E-state index contributed by atoms with van der Waals surface area (Å²) in [5.41, 5.74) is 2.79. The Balaban J connectivity index is 2.05. The van der Waals surface area contributed by atoms with Gasteiger partial charge in [0.2, 0.25) is 0 Å². The van der Waals surface area contributed by atoms with Gasteiger partial charge in [-0.25, -0.2) is 4.98 Å². The van der Waals surface area contributed by atoms with Gasteiger partial charge < -0.3 is 0 Å². The third-order valence-electron chi connectivity index (χ3n) is 4.53. The SMILES string of the molecule is Cc1nc2ccc(Br)cc2c(=O)n1C(c1ccccc1)c1ccccc1. The topological polar surface area (TPSA) is 34.9 Å². The molecule has 0 saturated heterocycles. The van der Waals surface area contributed by atoms with Crippen molar-refractivity contribution < 1.29 is 0 Å². The number of benzene rings is 3. The van der Waals surface area contributed by atoms with E-state index in [1.54, 1.807) is 4.57 Å². The molecule has 0 aliphatic heterocycles. The molecule has 3 nitrogen and oxygen atoms in total. The summed E-state index contributed by atoms with van der Waals surface area (Å²) < 4.78 is 2.66. The molecule has 0 atom stereocenters. The number of aromatic nitrogens is 2. The van der Waals surface area contributed by atoms with Crippen LogP contribution in [0.5, 0.6) is 0 Å². The number of halogens is 1. The number of aryl methyl sites for hydroxylation is 1. The van der Waals surface area contributed by atoms with E-state index >= 15 is 0 Å². The van der Waals surface area contributed by atoms with Gasteiger partial charge in [-0.15, -0.1) is 0 Å². The first kappa shape index (κ1) is 16.7. The number of hydrogen-bond acceptors (Lipinski definition) is 2. The molecule has 1 heterocycles. The molecule has 4 aromatic rings. The van der Waals surface area contributed by atoms with Crippen molar-refractivity contribution >= 4 is 26.8 Å². The Bertz CT molecular complexity index is 1080. The molecule has 0 saturated carbocycles. The van der Waals surface area contributed by atoms with Gasteiger partial charge in [-0.05, 0) is 36.2 Å². The normalized spacial score (nSPS) is 11.2. The predicted octanol–water partition coefficient (Wildman–Crippen LogP) is 5.11. The lowest BCUT2D eigenvalue weighted by Crippen LogP contribution is -2.29. The van der Waals surface area contributed by atoms with Crippen LogP contribution in [0.1, 0.15) is 23.0 Å². The van der Waals surface area contributed by atoms with Gasteiger partial charge in [0.1, 0.15) is 5.82 Å². The molecule has 0 aliphatic carbocycles. The van der Waals surface area contributed by atoms with Crippen molar-refractivity contribution in [3.8, 4) is 0 Å². The van der Waals surface area contributed by atoms with Crippen LogP contribution < -0.4 is 5.56 Å². The molecule has 1 aromatic heterocycles. The summed E-state index contributed by atoms with van der Waals surface area (Å²) in [6.07, 6.45) is 0. The minimum absolute atomic E-state index is 0.0356. The van der Waals surface area contributed by atoms with E-state index in [9.17, 15) is 4.79 Å². The first-order valence-corrected chi connectivity index (χ1v) is 9.23. The molecule has 0 radical (unpaired) electrons. The smallest absolute Gasteiger partial charge is 0.262 e. The number of nitrogens with zero attached hydrogens (tertiary/aromatic N) is 2. The van der Waals surface area contributed by atoms with Crippen molar-refractivity contribution in [3.63, 3.8) is 0 Å². The van der Waals surface area contributed by atoms with E-state index in [2.05, 4.69) is 40.2 Å². The number of fused-ring (bicyclic) bond motifs is 1. The Morgan fingerprint density at radius 2 is 1.46 bits per heavy atom. The standard InChI is InChI=1S/C22H17BrN2O/c1-15-24-20-13-12-18(23)14-19(20)22(26)25(15)21(16-8-4-2-5-9-16)17-10-6-3-7-11-17/h2-14,21H,1H3. The number of rotatable bonds is 3. The van der Waals surface area contributed by atoms with E-state index in [0.29, 0.717) is 16.7 Å². The fraction of sp³-hybridized carbons (Fsp3) is 0.0909. The molecule has 0 N–H and O–H groups in total. The fourth-order valence-corrected chi connectivity index (χ4v) is 3.71. The summed E-state index contributed by atoms with van der Waals surface area (Å²) in [4.78, 5) is 18.1. The van der Waals surface area contributed by atoms with Gasteiger partial charge in [-0.1, -0.05) is 76.6 Å². The Kier molecular flexibility index (Phi) is 4.43. The first-order chi connectivity index (χ1) is 12.6. The van der Waals surface area contributed by atoms with Crippen LogP contribution in [-0.2, 0) is 0 Å². The molecular weight excluding hydrogens is 388 g/mol. The van der Waals surface area contributed by atoms with Crippen LogP contribution in [0, 0.1) is 6.92 Å². The van der Waals surface area contributed by atoms with Crippen LogP contribution >= 0.6 is 15.9 Å². The van der Waals surface area contributed by atoms with Crippen molar-refractivity contribution in [2.45, 2.75) is 13.0 Å². The zero-order chi connectivity index (χ0) is 18.1. The van der Waals surface area contributed by atoms with E-state index in [1.807, 2.05) is 61.5 Å². The highest BCUT2D eigenvalue weighted by Gasteiger charge is 2.21. The third-order valence-corrected chi connectivity index (χ3v) is 5.02.